The molecule has 3 atom stereocenters. The van der Waals surface area contributed by atoms with E-state index in [9.17, 15) is 4.79 Å². The molecule has 2 nitrogen and oxygen atoms in total. The zero-order valence-electron chi connectivity index (χ0n) is 9.77. The van der Waals surface area contributed by atoms with Crippen LogP contribution in [0.4, 0.5) is 0 Å². The lowest BCUT2D eigenvalue weighted by Crippen LogP contribution is -2.03. The molecule has 1 fully saturated rings. The van der Waals surface area contributed by atoms with Crippen LogP contribution in [0.2, 0.25) is 0 Å². The number of aryl methyl sites for hydroxylation is 1. The highest BCUT2D eigenvalue weighted by atomic mass is 32.1. The number of hydrogen-bond donors (Lipinski definition) is 1. The number of carboxylic acids is 1. The summed E-state index contributed by atoms with van der Waals surface area (Å²) in [6.45, 7) is 4.35. The van der Waals surface area contributed by atoms with Crippen molar-refractivity contribution in [1.29, 1.82) is 0 Å². The van der Waals surface area contributed by atoms with Gasteiger partial charge in [-0.1, -0.05) is 6.92 Å². The van der Waals surface area contributed by atoms with Gasteiger partial charge in [0.25, 0.3) is 0 Å². The Bertz CT molecular complexity index is 383. The minimum atomic E-state index is -0.609. The van der Waals surface area contributed by atoms with Crippen LogP contribution in [0.1, 0.15) is 42.5 Å². The van der Waals surface area contributed by atoms with Crippen LogP contribution in [0.5, 0.6) is 0 Å². The lowest BCUT2D eigenvalue weighted by molar-refractivity contribution is -0.138. The fourth-order valence-corrected chi connectivity index (χ4v) is 3.57. The van der Waals surface area contributed by atoms with Gasteiger partial charge in [0.15, 0.2) is 0 Å². The van der Waals surface area contributed by atoms with Crippen LogP contribution in [0.15, 0.2) is 11.4 Å². The molecule has 0 amide bonds. The smallest absolute Gasteiger partial charge is 0.306 e. The van der Waals surface area contributed by atoms with E-state index in [-0.39, 0.29) is 5.92 Å². The van der Waals surface area contributed by atoms with E-state index in [1.165, 1.54) is 10.4 Å². The van der Waals surface area contributed by atoms with E-state index in [4.69, 9.17) is 5.11 Å². The Morgan fingerprint density at radius 2 is 2.44 bits per heavy atom. The minimum absolute atomic E-state index is 0.0608. The van der Waals surface area contributed by atoms with Gasteiger partial charge in [-0.15, -0.1) is 11.3 Å². The van der Waals surface area contributed by atoms with Gasteiger partial charge in [0, 0.05) is 4.88 Å². The zero-order chi connectivity index (χ0) is 11.7. The highest BCUT2D eigenvalue weighted by Gasteiger charge is 2.44. The Kier molecular flexibility index (Phi) is 3.33. The lowest BCUT2D eigenvalue weighted by atomic mass is 9.95. The molecule has 3 unspecified atom stereocenters. The summed E-state index contributed by atoms with van der Waals surface area (Å²) in [7, 11) is 0. The minimum Gasteiger partial charge on any atom is -0.481 e. The van der Waals surface area contributed by atoms with Crippen molar-refractivity contribution in [2.24, 2.45) is 11.8 Å². The number of thiophene rings is 1. The molecule has 0 saturated heterocycles. The third kappa shape index (κ3) is 2.29. The molecule has 0 bridgehead atoms. The highest BCUT2D eigenvalue weighted by molar-refractivity contribution is 7.10. The van der Waals surface area contributed by atoms with Crippen molar-refractivity contribution in [3.8, 4) is 0 Å². The number of rotatable bonds is 5. The number of hydrogen-bond acceptors (Lipinski definition) is 2. The summed E-state index contributed by atoms with van der Waals surface area (Å²) >= 11 is 1.81. The molecule has 88 valence electrons. The predicted molar refractivity (Wildman–Crippen MR) is 65.9 cm³/mol. The third-order valence-electron chi connectivity index (χ3n) is 3.59. The molecule has 0 aliphatic heterocycles. The molecule has 1 saturated carbocycles. The first kappa shape index (κ1) is 11.6. The average Bonchev–Trinajstić information content (AvgIpc) is 2.90. The second kappa shape index (κ2) is 4.58. The molecule has 1 N–H and O–H groups in total. The van der Waals surface area contributed by atoms with Crippen molar-refractivity contribution in [3.05, 3.63) is 21.9 Å². The fourth-order valence-electron chi connectivity index (χ4n) is 2.44. The molecule has 2 rings (SSSR count). The van der Waals surface area contributed by atoms with Crippen molar-refractivity contribution in [1.82, 2.24) is 0 Å². The molecule has 1 aliphatic carbocycles. The average molecular weight is 238 g/mol. The summed E-state index contributed by atoms with van der Waals surface area (Å²) in [5.41, 5.74) is 1.37. The van der Waals surface area contributed by atoms with E-state index >= 15 is 0 Å². The van der Waals surface area contributed by atoms with Gasteiger partial charge in [0.1, 0.15) is 0 Å². The molecule has 3 heteroatoms. The Labute approximate surface area is 100 Å². The second-order valence-corrected chi connectivity index (χ2v) is 5.70. The number of aliphatic carboxylic acids is 1. The largest absolute Gasteiger partial charge is 0.481 e. The Balaban J connectivity index is 1.98. The van der Waals surface area contributed by atoms with E-state index in [0.29, 0.717) is 11.8 Å². The van der Waals surface area contributed by atoms with Gasteiger partial charge in [-0.2, -0.15) is 0 Å². The molecule has 0 radical (unpaired) electrons. The molecular weight excluding hydrogens is 220 g/mol. The highest BCUT2D eigenvalue weighted by Crippen LogP contribution is 2.47. The van der Waals surface area contributed by atoms with Crippen LogP contribution in [0.25, 0.3) is 0 Å². The molecule has 0 spiro atoms. The fraction of sp³-hybridized carbons (Fsp3) is 0.615. The summed E-state index contributed by atoms with van der Waals surface area (Å²) in [5, 5.41) is 11.0. The lowest BCUT2D eigenvalue weighted by Gasteiger charge is -2.14. The molecular formula is C13H18O2S. The van der Waals surface area contributed by atoms with Crippen LogP contribution in [0.3, 0.4) is 0 Å². The number of carboxylic acid groups (broad SMARTS) is 1. The van der Waals surface area contributed by atoms with Crippen LogP contribution < -0.4 is 0 Å². The predicted octanol–water partition coefficient (Wildman–Crippen LogP) is 3.66. The van der Waals surface area contributed by atoms with E-state index in [0.717, 1.165) is 19.3 Å². The van der Waals surface area contributed by atoms with Crippen LogP contribution >= 0.6 is 11.3 Å². The van der Waals surface area contributed by atoms with E-state index in [1.54, 1.807) is 0 Å². The first-order chi connectivity index (χ1) is 7.63. The van der Waals surface area contributed by atoms with Crippen molar-refractivity contribution >= 4 is 17.3 Å². The standard InChI is InChI=1S/C13H18O2S/c1-3-9(12-8(2)4-5-16-12)6-10-7-11(10)13(14)15/h4-5,9-11H,3,6-7H2,1-2H3,(H,14,15). The van der Waals surface area contributed by atoms with Crippen molar-refractivity contribution in [2.75, 3.05) is 0 Å². The van der Waals surface area contributed by atoms with Gasteiger partial charge >= 0.3 is 5.97 Å². The third-order valence-corrected chi connectivity index (χ3v) is 4.77. The van der Waals surface area contributed by atoms with Crippen LogP contribution in [0, 0.1) is 18.8 Å². The number of carbonyl (C=O) groups is 1. The quantitative estimate of drug-likeness (QED) is 0.850. The summed E-state index contributed by atoms with van der Waals surface area (Å²) < 4.78 is 0. The van der Waals surface area contributed by atoms with Crippen LogP contribution in [-0.4, -0.2) is 11.1 Å². The Morgan fingerprint density at radius 1 is 1.69 bits per heavy atom. The maximum absolute atomic E-state index is 10.8. The SMILES string of the molecule is CCC(CC1CC1C(=O)O)c1sccc1C. The molecule has 0 aromatic carbocycles. The van der Waals surface area contributed by atoms with Crippen molar-refractivity contribution in [2.45, 2.75) is 39.0 Å². The monoisotopic (exact) mass is 238 g/mol. The first-order valence-electron chi connectivity index (χ1n) is 5.90. The summed E-state index contributed by atoms with van der Waals surface area (Å²) in [6, 6.07) is 2.16. The topological polar surface area (TPSA) is 37.3 Å². The van der Waals surface area contributed by atoms with Crippen molar-refractivity contribution < 1.29 is 9.90 Å². The second-order valence-electron chi connectivity index (χ2n) is 4.75. The summed E-state index contributed by atoms with van der Waals surface area (Å²) in [5.74, 6) is 0.315. The van der Waals surface area contributed by atoms with Gasteiger partial charge in [0.05, 0.1) is 5.92 Å². The molecule has 1 aromatic rings. The van der Waals surface area contributed by atoms with E-state index in [2.05, 4.69) is 25.3 Å². The molecule has 1 aliphatic rings. The van der Waals surface area contributed by atoms with Gasteiger partial charge < -0.3 is 5.11 Å². The molecule has 16 heavy (non-hydrogen) atoms. The van der Waals surface area contributed by atoms with E-state index in [1.807, 2.05) is 11.3 Å². The summed E-state index contributed by atoms with van der Waals surface area (Å²) in [4.78, 5) is 12.3. The van der Waals surface area contributed by atoms with Crippen LogP contribution in [-0.2, 0) is 4.79 Å². The van der Waals surface area contributed by atoms with Gasteiger partial charge in [0.2, 0.25) is 0 Å². The maximum atomic E-state index is 10.8. The zero-order valence-corrected chi connectivity index (χ0v) is 10.6. The Morgan fingerprint density at radius 3 is 2.88 bits per heavy atom. The van der Waals surface area contributed by atoms with E-state index < -0.39 is 5.97 Å². The summed E-state index contributed by atoms with van der Waals surface area (Å²) in [6.07, 6.45) is 3.05. The molecule has 1 aromatic heterocycles. The maximum Gasteiger partial charge on any atom is 0.306 e. The normalized spacial score (nSPS) is 25.4. The van der Waals surface area contributed by atoms with Gasteiger partial charge in [-0.3, -0.25) is 4.79 Å². The van der Waals surface area contributed by atoms with Gasteiger partial charge in [-0.05, 0) is 55.0 Å². The molecule has 1 heterocycles. The van der Waals surface area contributed by atoms with Gasteiger partial charge in [-0.25, -0.2) is 0 Å². The Hall–Kier alpha value is -0.830. The first-order valence-corrected chi connectivity index (χ1v) is 6.78. The van der Waals surface area contributed by atoms with Crippen molar-refractivity contribution in [3.63, 3.8) is 0 Å².